The highest BCUT2D eigenvalue weighted by molar-refractivity contribution is 5.75. The lowest BCUT2D eigenvalue weighted by molar-refractivity contribution is -0.144. The van der Waals surface area contributed by atoms with Crippen LogP contribution in [0.1, 0.15) is 52.3 Å². The summed E-state index contributed by atoms with van der Waals surface area (Å²) in [5, 5.41) is 7.79. The first kappa shape index (κ1) is 16.7. The van der Waals surface area contributed by atoms with Crippen molar-refractivity contribution in [3.8, 4) is 0 Å². The van der Waals surface area contributed by atoms with Crippen molar-refractivity contribution >= 4 is 5.97 Å². The standard InChI is InChI=1S/C15H27N3O2/c1-6-13(7-2)18-9-8-12(17-18)10-16-14(11(3)4)15(19)20-5/h8-9,11,13-14,16H,6-7,10H2,1-5H3. The summed E-state index contributed by atoms with van der Waals surface area (Å²) in [6.45, 7) is 8.90. The molecule has 1 aromatic rings. The Balaban J connectivity index is 2.63. The van der Waals surface area contributed by atoms with E-state index in [1.165, 1.54) is 7.11 Å². The van der Waals surface area contributed by atoms with Gasteiger partial charge >= 0.3 is 5.97 Å². The third-order valence-electron chi connectivity index (χ3n) is 3.61. The maximum atomic E-state index is 11.7. The van der Waals surface area contributed by atoms with Crippen molar-refractivity contribution in [2.24, 2.45) is 5.92 Å². The van der Waals surface area contributed by atoms with Gasteiger partial charge in [0.2, 0.25) is 0 Å². The molecule has 1 heterocycles. The van der Waals surface area contributed by atoms with E-state index in [1.54, 1.807) is 0 Å². The molecular weight excluding hydrogens is 254 g/mol. The van der Waals surface area contributed by atoms with Crippen LogP contribution in [0.4, 0.5) is 0 Å². The highest BCUT2D eigenvalue weighted by atomic mass is 16.5. The zero-order valence-electron chi connectivity index (χ0n) is 13.2. The van der Waals surface area contributed by atoms with Crippen LogP contribution < -0.4 is 5.32 Å². The fourth-order valence-corrected chi connectivity index (χ4v) is 2.27. The van der Waals surface area contributed by atoms with Gasteiger partial charge in [0.15, 0.2) is 0 Å². The molecule has 20 heavy (non-hydrogen) atoms. The first-order chi connectivity index (χ1) is 9.53. The van der Waals surface area contributed by atoms with Crippen LogP contribution in [0.3, 0.4) is 0 Å². The van der Waals surface area contributed by atoms with Gasteiger partial charge in [-0.15, -0.1) is 0 Å². The Morgan fingerprint density at radius 3 is 2.55 bits per heavy atom. The van der Waals surface area contributed by atoms with Crippen molar-refractivity contribution in [1.82, 2.24) is 15.1 Å². The predicted octanol–water partition coefficient (Wildman–Crippen LogP) is 2.53. The Morgan fingerprint density at radius 2 is 2.05 bits per heavy atom. The smallest absolute Gasteiger partial charge is 0.323 e. The van der Waals surface area contributed by atoms with Gasteiger partial charge < -0.3 is 4.74 Å². The molecule has 0 aromatic carbocycles. The molecular formula is C15H27N3O2. The second-order valence-corrected chi connectivity index (χ2v) is 5.38. The first-order valence-corrected chi connectivity index (χ1v) is 7.38. The minimum Gasteiger partial charge on any atom is -0.468 e. The number of nitrogens with one attached hydrogen (secondary N) is 1. The Morgan fingerprint density at radius 1 is 1.40 bits per heavy atom. The first-order valence-electron chi connectivity index (χ1n) is 7.38. The Labute approximate surface area is 121 Å². The minimum atomic E-state index is -0.293. The Bertz CT molecular complexity index is 411. The van der Waals surface area contributed by atoms with Crippen LogP contribution in [0.5, 0.6) is 0 Å². The van der Waals surface area contributed by atoms with E-state index < -0.39 is 0 Å². The summed E-state index contributed by atoms with van der Waals surface area (Å²) < 4.78 is 6.83. The molecule has 114 valence electrons. The summed E-state index contributed by atoms with van der Waals surface area (Å²) in [7, 11) is 1.42. The van der Waals surface area contributed by atoms with E-state index in [9.17, 15) is 4.79 Å². The van der Waals surface area contributed by atoms with Gasteiger partial charge in [-0.25, -0.2) is 0 Å². The zero-order chi connectivity index (χ0) is 15.1. The van der Waals surface area contributed by atoms with Crippen molar-refractivity contribution in [2.75, 3.05) is 7.11 Å². The number of carbonyl (C=O) groups is 1. The fraction of sp³-hybridized carbons (Fsp3) is 0.733. The Kier molecular flexibility index (Phi) is 6.71. The SMILES string of the molecule is CCC(CC)n1ccc(CNC(C(=O)OC)C(C)C)n1. The second kappa shape index (κ2) is 8.04. The molecule has 5 nitrogen and oxygen atoms in total. The summed E-state index contributed by atoms with van der Waals surface area (Å²) in [5.41, 5.74) is 0.950. The molecule has 0 bridgehead atoms. The van der Waals surface area contributed by atoms with E-state index >= 15 is 0 Å². The van der Waals surface area contributed by atoms with Crippen LogP contribution in [-0.4, -0.2) is 28.9 Å². The molecule has 1 N–H and O–H groups in total. The number of esters is 1. The molecule has 5 heteroatoms. The number of ether oxygens (including phenoxy) is 1. The summed E-state index contributed by atoms with van der Waals surface area (Å²) in [6.07, 6.45) is 4.15. The van der Waals surface area contributed by atoms with Crippen LogP contribution in [0.15, 0.2) is 12.3 Å². The highest BCUT2D eigenvalue weighted by Gasteiger charge is 2.22. The van der Waals surface area contributed by atoms with Gasteiger partial charge in [0.1, 0.15) is 6.04 Å². The molecule has 0 amide bonds. The van der Waals surface area contributed by atoms with Crippen molar-refractivity contribution < 1.29 is 9.53 Å². The summed E-state index contributed by atoms with van der Waals surface area (Å²) in [4.78, 5) is 11.7. The van der Waals surface area contributed by atoms with Crippen molar-refractivity contribution in [3.63, 3.8) is 0 Å². The molecule has 0 fully saturated rings. The maximum absolute atomic E-state index is 11.7. The fourth-order valence-electron chi connectivity index (χ4n) is 2.27. The number of nitrogens with zero attached hydrogens (tertiary/aromatic N) is 2. The monoisotopic (exact) mass is 281 g/mol. The van der Waals surface area contributed by atoms with Crippen molar-refractivity contribution in [1.29, 1.82) is 0 Å². The van der Waals surface area contributed by atoms with Gasteiger partial charge in [0.05, 0.1) is 18.8 Å². The van der Waals surface area contributed by atoms with Crippen LogP contribution in [-0.2, 0) is 16.1 Å². The van der Waals surface area contributed by atoms with E-state index in [-0.39, 0.29) is 17.9 Å². The number of methoxy groups -OCH3 is 1. The second-order valence-electron chi connectivity index (χ2n) is 5.38. The lowest BCUT2D eigenvalue weighted by Gasteiger charge is -2.19. The van der Waals surface area contributed by atoms with Gasteiger partial charge in [-0.05, 0) is 24.8 Å². The van der Waals surface area contributed by atoms with E-state index in [1.807, 2.05) is 30.8 Å². The van der Waals surface area contributed by atoms with Gasteiger partial charge in [-0.2, -0.15) is 5.10 Å². The summed E-state index contributed by atoms with van der Waals surface area (Å²) in [6, 6.07) is 2.16. The lowest BCUT2D eigenvalue weighted by Crippen LogP contribution is -2.41. The zero-order valence-corrected chi connectivity index (χ0v) is 13.2. The average molecular weight is 281 g/mol. The topological polar surface area (TPSA) is 56.2 Å². The van der Waals surface area contributed by atoms with Gasteiger partial charge in [0, 0.05) is 12.7 Å². The molecule has 1 atom stereocenters. The van der Waals surface area contributed by atoms with Gasteiger partial charge in [-0.1, -0.05) is 27.7 Å². The lowest BCUT2D eigenvalue weighted by atomic mass is 10.0. The summed E-state index contributed by atoms with van der Waals surface area (Å²) >= 11 is 0. The van der Waals surface area contributed by atoms with Crippen LogP contribution in [0.25, 0.3) is 0 Å². The van der Waals surface area contributed by atoms with Crippen LogP contribution in [0.2, 0.25) is 0 Å². The Hall–Kier alpha value is -1.36. The molecule has 0 saturated heterocycles. The number of carbonyl (C=O) groups excluding carboxylic acids is 1. The molecule has 0 radical (unpaired) electrons. The van der Waals surface area contributed by atoms with Gasteiger partial charge in [-0.3, -0.25) is 14.8 Å². The van der Waals surface area contributed by atoms with E-state index in [2.05, 4.69) is 24.3 Å². The van der Waals surface area contributed by atoms with Gasteiger partial charge in [0.25, 0.3) is 0 Å². The third-order valence-corrected chi connectivity index (χ3v) is 3.61. The number of hydrogen-bond donors (Lipinski definition) is 1. The molecule has 1 rings (SSSR count). The quantitative estimate of drug-likeness (QED) is 0.744. The third kappa shape index (κ3) is 4.34. The van der Waals surface area contributed by atoms with Crippen LogP contribution >= 0.6 is 0 Å². The molecule has 0 spiro atoms. The van der Waals surface area contributed by atoms with Crippen LogP contribution in [0, 0.1) is 5.92 Å². The summed E-state index contributed by atoms with van der Waals surface area (Å²) in [5.74, 6) is -0.0389. The molecule has 0 saturated carbocycles. The van der Waals surface area contributed by atoms with Crippen molar-refractivity contribution in [2.45, 2.75) is 59.2 Å². The van der Waals surface area contributed by atoms with E-state index in [4.69, 9.17) is 4.74 Å². The normalized spacial score (nSPS) is 12.9. The molecule has 0 aliphatic heterocycles. The maximum Gasteiger partial charge on any atom is 0.323 e. The molecule has 1 aromatic heterocycles. The largest absolute Gasteiger partial charge is 0.468 e. The molecule has 0 aliphatic rings. The van der Waals surface area contributed by atoms with E-state index in [0.29, 0.717) is 12.6 Å². The number of hydrogen-bond acceptors (Lipinski definition) is 4. The van der Waals surface area contributed by atoms with Crippen molar-refractivity contribution in [3.05, 3.63) is 18.0 Å². The minimum absolute atomic E-state index is 0.184. The molecule has 0 aliphatic carbocycles. The number of rotatable bonds is 8. The highest BCUT2D eigenvalue weighted by Crippen LogP contribution is 2.14. The van der Waals surface area contributed by atoms with E-state index in [0.717, 1.165) is 18.5 Å². The predicted molar refractivity (Wildman–Crippen MR) is 79.3 cm³/mol. The number of aromatic nitrogens is 2. The average Bonchev–Trinajstić information content (AvgIpc) is 2.88. The molecule has 1 unspecified atom stereocenters.